The summed E-state index contributed by atoms with van der Waals surface area (Å²) in [6, 6.07) is 7.41. The van der Waals surface area contributed by atoms with Crippen molar-refractivity contribution in [2.45, 2.75) is 50.6 Å². The van der Waals surface area contributed by atoms with E-state index in [9.17, 15) is 9.59 Å². The van der Waals surface area contributed by atoms with Gasteiger partial charge in [-0.15, -0.1) is 0 Å². The smallest absolute Gasteiger partial charge is 0.256 e. The van der Waals surface area contributed by atoms with Crippen molar-refractivity contribution in [2.75, 3.05) is 64.2 Å². The average Bonchev–Trinajstić information content (AvgIpc) is 3.48. The topological polar surface area (TPSA) is 102 Å². The van der Waals surface area contributed by atoms with E-state index in [-0.39, 0.29) is 23.4 Å². The van der Waals surface area contributed by atoms with Crippen LogP contribution in [0.2, 0.25) is 0 Å². The molecule has 0 aliphatic carbocycles. The number of carbonyl (C=O) groups excluding carboxylic acids is 2. The van der Waals surface area contributed by atoms with Gasteiger partial charge in [0, 0.05) is 38.3 Å². The van der Waals surface area contributed by atoms with Crippen molar-refractivity contribution in [3.8, 4) is 23.0 Å². The summed E-state index contributed by atoms with van der Waals surface area (Å²) in [5.41, 5.74) is 4.57. The average molecular weight is 603 g/mol. The van der Waals surface area contributed by atoms with E-state index < -0.39 is 0 Å². The van der Waals surface area contributed by atoms with Gasteiger partial charge in [-0.2, -0.15) is 0 Å². The minimum atomic E-state index is -0.299. The molecule has 4 aliphatic heterocycles. The zero-order chi connectivity index (χ0) is 31.0. The normalized spacial score (nSPS) is 22.2. The lowest BCUT2D eigenvalue weighted by molar-refractivity contribution is 0.0653. The van der Waals surface area contributed by atoms with E-state index in [4.69, 9.17) is 18.9 Å². The number of unbranched alkanes of at least 4 members (excludes halogenated alkanes) is 2. The lowest BCUT2D eigenvalue weighted by atomic mass is 9.98. The first-order chi connectivity index (χ1) is 21.2. The number of methoxy groups -OCH3 is 2. The molecule has 0 saturated carbocycles. The second-order valence-electron chi connectivity index (χ2n) is 12.4. The monoisotopic (exact) mass is 602 g/mol. The van der Waals surface area contributed by atoms with Crippen molar-refractivity contribution in [3.05, 3.63) is 59.7 Å². The Kier molecular flexibility index (Phi) is 8.09. The summed E-state index contributed by atoms with van der Waals surface area (Å²) >= 11 is 0. The Balaban J connectivity index is 1.01. The highest BCUT2D eigenvalue weighted by Gasteiger charge is 2.44. The quantitative estimate of drug-likeness (QED) is 0.286. The summed E-state index contributed by atoms with van der Waals surface area (Å²) in [5, 5.41) is 6.89. The van der Waals surface area contributed by atoms with Crippen LogP contribution in [-0.4, -0.2) is 86.8 Å². The van der Waals surface area contributed by atoms with E-state index in [1.165, 1.54) is 0 Å². The van der Waals surface area contributed by atoms with Gasteiger partial charge in [-0.3, -0.25) is 9.59 Å². The van der Waals surface area contributed by atoms with Gasteiger partial charge in [0.2, 0.25) is 0 Å². The van der Waals surface area contributed by atoms with E-state index in [2.05, 4.69) is 30.7 Å². The van der Waals surface area contributed by atoms with Crippen LogP contribution in [0.25, 0.3) is 0 Å². The number of anilines is 2. The third-order valence-corrected chi connectivity index (χ3v) is 9.09. The molecule has 0 spiro atoms. The molecule has 0 radical (unpaired) electrons. The van der Waals surface area contributed by atoms with E-state index in [0.29, 0.717) is 73.5 Å². The van der Waals surface area contributed by atoms with Gasteiger partial charge < -0.3 is 39.4 Å². The predicted octanol–water partition coefficient (Wildman–Crippen LogP) is 5.11. The summed E-state index contributed by atoms with van der Waals surface area (Å²) in [6.45, 7) is 13.8. The van der Waals surface area contributed by atoms with Crippen LogP contribution in [0.4, 0.5) is 11.4 Å². The van der Waals surface area contributed by atoms with Crippen LogP contribution in [0.15, 0.2) is 48.6 Å². The molecular formula is C34H42N4O6. The van der Waals surface area contributed by atoms with Crippen molar-refractivity contribution in [1.82, 2.24) is 9.80 Å². The molecule has 6 rings (SSSR count). The molecule has 4 heterocycles. The third-order valence-electron chi connectivity index (χ3n) is 9.09. The first-order valence-electron chi connectivity index (χ1n) is 15.3. The second-order valence-corrected chi connectivity index (χ2v) is 12.4. The standard InChI is InChI=1S/C34H42N4O6/c1-21-11-23-17-35-26-14-30(28(41-4)12-24(26)32(39)37(23)18-21)43-9-7-6-8-10-44-31-15-27-25(13-29(31)42-5)33(40)38-19-22(2)16-34(38,3)20-36-27/h12-15,23,35-36H,1-2,6-11,16-20H2,3-5H3/t23?,34-/m0/s1. The molecule has 10 nitrogen and oxygen atoms in total. The number of ether oxygens (including phenoxy) is 4. The molecular weight excluding hydrogens is 560 g/mol. The van der Waals surface area contributed by atoms with Crippen LogP contribution < -0.4 is 29.6 Å². The first-order valence-corrected chi connectivity index (χ1v) is 15.3. The molecule has 10 heteroatoms. The Morgan fingerprint density at radius 2 is 1.43 bits per heavy atom. The Bertz CT molecular complexity index is 1510. The van der Waals surface area contributed by atoms with Gasteiger partial charge in [-0.1, -0.05) is 24.3 Å². The molecule has 2 atom stereocenters. The molecule has 0 bridgehead atoms. The summed E-state index contributed by atoms with van der Waals surface area (Å²) in [6.07, 6.45) is 4.15. The minimum Gasteiger partial charge on any atom is -0.493 e. The Morgan fingerprint density at radius 3 is 2.07 bits per heavy atom. The minimum absolute atomic E-state index is 0.00658. The second kappa shape index (κ2) is 12.0. The number of carbonyl (C=O) groups is 2. The number of hydrogen-bond acceptors (Lipinski definition) is 8. The Hall–Kier alpha value is -4.34. The lowest BCUT2D eigenvalue weighted by Crippen LogP contribution is -2.47. The maximum atomic E-state index is 13.4. The van der Waals surface area contributed by atoms with E-state index in [1.807, 2.05) is 21.9 Å². The molecule has 1 unspecified atom stereocenters. The molecule has 2 N–H and O–H groups in total. The van der Waals surface area contributed by atoms with Crippen LogP contribution in [-0.2, 0) is 0 Å². The van der Waals surface area contributed by atoms with Crippen LogP contribution in [0, 0.1) is 0 Å². The SMILES string of the molecule is C=C1CC2CNc3cc(OCCCCCOc4cc5c(cc4OC)C(=O)N4CC(=C)C[C@@]4(C)CN5)c(OC)cc3C(=O)N2C1. The van der Waals surface area contributed by atoms with E-state index in [1.54, 1.807) is 26.4 Å². The Labute approximate surface area is 259 Å². The fourth-order valence-corrected chi connectivity index (χ4v) is 6.75. The fraction of sp³-hybridized carbons (Fsp3) is 0.471. The number of fused-ring (bicyclic) bond motifs is 4. The molecule has 4 aliphatic rings. The van der Waals surface area contributed by atoms with Gasteiger partial charge in [-0.25, -0.2) is 0 Å². The molecule has 2 amide bonds. The third kappa shape index (κ3) is 5.53. The van der Waals surface area contributed by atoms with Crippen LogP contribution in [0.3, 0.4) is 0 Å². The van der Waals surface area contributed by atoms with Gasteiger partial charge in [0.25, 0.3) is 11.8 Å². The molecule has 0 aromatic heterocycles. The number of rotatable bonds is 10. The van der Waals surface area contributed by atoms with Crippen molar-refractivity contribution in [2.24, 2.45) is 0 Å². The van der Waals surface area contributed by atoms with E-state index >= 15 is 0 Å². The van der Waals surface area contributed by atoms with Gasteiger partial charge in [0.15, 0.2) is 23.0 Å². The predicted molar refractivity (Wildman–Crippen MR) is 170 cm³/mol. The lowest BCUT2D eigenvalue weighted by Gasteiger charge is -2.32. The fourth-order valence-electron chi connectivity index (χ4n) is 6.75. The van der Waals surface area contributed by atoms with Crippen LogP contribution in [0.5, 0.6) is 23.0 Å². The molecule has 234 valence electrons. The maximum absolute atomic E-state index is 13.4. The highest BCUT2D eigenvalue weighted by atomic mass is 16.5. The Morgan fingerprint density at radius 1 is 0.818 bits per heavy atom. The molecule has 2 aromatic carbocycles. The number of nitrogens with one attached hydrogen (secondary N) is 2. The van der Waals surface area contributed by atoms with Crippen LogP contribution >= 0.6 is 0 Å². The van der Waals surface area contributed by atoms with Crippen molar-refractivity contribution >= 4 is 23.2 Å². The highest BCUT2D eigenvalue weighted by molar-refractivity contribution is 6.03. The maximum Gasteiger partial charge on any atom is 0.256 e. The van der Waals surface area contributed by atoms with Crippen LogP contribution in [0.1, 0.15) is 59.7 Å². The van der Waals surface area contributed by atoms with Gasteiger partial charge in [0.1, 0.15) is 0 Å². The summed E-state index contributed by atoms with van der Waals surface area (Å²) in [7, 11) is 3.18. The molecule has 2 saturated heterocycles. The van der Waals surface area contributed by atoms with Gasteiger partial charge in [0.05, 0.1) is 61.5 Å². The number of amides is 2. The number of benzene rings is 2. The molecule has 2 aromatic rings. The van der Waals surface area contributed by atoms with Crippen molar-refractivity contribution in [1.29, 1.82) is 0 Å². The zero-order valence-corrected chi connectivity index (χ0v) is 25.9. The first kappa shape index (κ1) is 29.7. The van der Waals surface area contributed by atoms with Gasteiger partial charge >= 0.3 is 0 Å². The molecule has 44 heavy (non-hydrogen) atoms. The molecule has 2 fully saturated rings. The zero-order valence-electron chi connectivity index (χ0n) is 25.9. The summed E-state index contributed by atoms with van der Waals surface area (Å²) in [4.78, 5) is 30.4. The highest BCUT2D eigenvalue weighted by Crippen LogP contribution is 2.41. The van der Waals surface area contributed by atoms with E-state index in [0.717, 1.165) is 54.6 Å². The van der Waals surface area contributed by atoms with Crippen molar-refractivity contribution in [3.63, 3.8) is 0 Å². The largest absolute Gasteiger partial charge is 0.493 e. The number of nitrogens with zero attached hydrogens (tertiary/aromatic N) is 2. The summed E-state index contributed by atoms with van der Waals surface area (Å²) in [5.74, 6) is 2.28. The van der Waals surface area contributed by atoms with Crippen molar-refractivity contribution < 1.29 is 28.5 Å². The van der Waals surface area contributed by atoms with Gasteiger partial charge in [-0.05, 0) is 51.2 Å². The summed E-state index contributed by atoms with van der Waals surface area (Å²) < 4.78 is 23.4. The number of hydrogen-bond donors (Lipinski definition) is 2.